The molecule has 0 aliphatic heterocycles. The first-order chi connectivity index (χ1) is 9.40. The Labute approximate surface area is 127 Å². The molecule has 1 aromatic carbocycles. The maximum atomic E-state index is 12.1. The monoisotopic (exact) mass is 342 g/mol. The molecule has 0 heterocycles. The van der Waals surface area contributed by atoms with Crippen LogP contribution in [0.4, 0.5) is 0 Å². The van der Waals surface area contributed by atoms with Gasteiger partial charge in [0.05, 0.1) is 11.6 Å². The lowest BCUT2D eigenvalue weighted by Crippen LogP contribution is -2.45. The van der Waals surface area contributed by atoms with Gasteiger partial charge in [0.15, 0.2) is 0 Å². The van der Waals surface area contributed by atoms with Gasteiger partial charge in [-0.05, 0) is 48.0 Å². The summed E-state index contributed by atoms with van der Waals surface area (Å²) in [5, 5.41) is 2.68. The standard InChI is InChI=1S/C14H19BrN2O3/c1-5-17(3)14(19)9(2)16-13(18)10-6-7-12(20-4)11(15)8-10/h6-9H,5H2,1-4H3,(H,16,18). The van der Waals surface area contributed by atoms with Crippen molar-refractivity contribution in [3.05, 3.63) is 28.2 Å². The fraction of sp³-hybridized carbons (Fsp3) is 0.429. The lowest BCUT2D eigenvalue weighted by Gasteiger charge is -2.20. The Bertz CT molecular complexity index is 505. The number of ether oxygens (including phenoxy) is 1. The minimum Gasteiger partial charge on any atom is -0.496 e. The zero-order valence-electron chi connectivity index (χ0n) is 12.1. The van der Waals surface area contributed by atoms with Crippen molar-refractivity contribution < 1.29 is 14.3 Å². The summed E-state index contributed by atoms with van der Waals surface area (Å²) in [6, 6.07) is 4.45. The van der Waals surface area contributed by atoms with E-state index in [1.165, 1.54) is 0 Å². The number of carbonyl (C=O) groups is 2. The molecule has 0 spiro atoms. The number of carbonyl (C=O) groups excluding carboxylic acids is 2. The molecule has 5 nitrogen and oxygen atoms in total. The van der Waals surface area contributed by atoms with Crippen molar-refractivity contribution in [2.45, 2.75) is 19.9 Å². The number of halogens is 1. The summed E-state index contributed by atoms with van der Waals surface area (Å²) in [7, 11) is 3.26. The molecule has 0 saturated carbocycles. The van der Waals surface area contributed by atoms with E-state index in [1.54, 1.807) is 44.2 Å². The number of methoxy groups -OCH3 is 1. The largest absolute Gasteiger partial charge is 0.496 e. The molecule has 1 atom stereocenters. The second-order valence-electron chi connectivity index (χ2n) is 4.40. The van der Waals surface area contributed by atoms with Crippen LogP contribution in [-0.4, -0.2) is 43.5 Å². The average Bonchev–Trinajstić information content (AvgIpc) is 2.45. The quantitative estimate of drug-likeness (QED) is 0.890. The highest BCUT2D eigenvalue weighted by molar-refractivity contribution is 9.10. The molecule has 0 aliphatic carbocycles. The van der Waals surface area contributed by atoms with Crippen LogP contribution in [0.5, 0.6) is 5.75 Å². The van der Waals surface area contributed by atoms with Crippen LogP contribution < -0.4 is 10.1 Å². The second kappa shape index (κ2) is 7.28. The lowest BCUT2D eigenvalue weighted by molar-refractivity contribution is -0.131. The van der Waals surface area contributed by atoms with Gasteiger partial charge >= 0.3 is 0 Å². The SMILES string of the molecule is CCN(C)C(=O)C(C)NC(=O)c1ccc(OC)c(Br)c1. The van der Waals surface area contributed by atoms with Gasteiger partial charge in [-0.3, -0.25) is 9.59 Å². The molecule has 2 amide bonds. The average molecular weight is 343 g/mol. The molecule has 1 aromatic rings. The fourth-order valence-corrected chi connectivity index (χ4v) is 2.18. The number of likely N-dealkylation sites (N-methyl/N-ethyl adjacent to an activating group) is 1. The minimum absolute atomic E-state index is 0.117. The Morgan fingerprint density at radius 3 is 2.60 bits per heavy atom. The molecular formula is C14H19BrN2O3. The third kappa shape index (κ3) is 3.96. The summed E-state index contributed by atoms with van der Waals surface area (Å²) in [6.07, 6.45) is 0. The number of hydrogen-bond acceptors (Lipinski definition) is 3. The van der Waals surface area contributed by atoms with Gasteiger partial charge in [0.2, 0.25) is 5.91 Å². The van der Waals surface area contributed by atoms with Gasteiger partial charge in [-0.2, -0.15) is 0 Å². The Kier molecular flexibility index (Phi) is 6.01. The van der Waals surface area contributed by atoms with Crippen molar-refractivity contribution in [2.24, 2.45) is 0 Å². The van der Waals surface area contributed by atoms with Crippen molar-refractivity contribution >= 4 is 27.7 Å². The van der Waals surface area contributed by atoms with Gasteiger partial charge in [-0.15, -0.1) is 0 Å². The van der Waals surface area contributed by atoms with E-state index >= 15 is 0 Å². The van der Waals surface area contributed by atoms with Gasteiger partial charge in [0.25, 0.3) is 5.91 Å². The van der Waals surface area contributed by atoms with Crippen LogP contribution in [0.15, 0.2) is 22.7 Å². The number of nitrogens with one attached hydrogen (secondary N) is 1. The molecule has 6 heteroatoms. The second-order valence-corrected chi connectivity index (χ2v) is 5.25. The molecule has 20 heavy (non-hydrogen) atoms. The zero-order chi connectivity index (χ0) is 15.3. The van der Waals surface area contributed by atoms with E-state index < -0.39 is 6.04 Å². The van der Waals surface area contributed by atoms with E-state index in [0.717, 1.165) is 0 Å². The molecule has 0 aromatic heterocycles. The summed E-state index contributed by atoms with van der Waals surface area (Å²) >= 11 is 3.33. The molecule has 1 rings (SSSR count). The van der Waals surface area contributed by atoms with Gasteiger partial charge in [-0.25, -0.2) is 0 Å². The molecule has 0 bridgehead atoms. The number of hydrogen-bond donors (Lipinski definition) is 1. The summed E-state index contributed by atoms with van der Waals surface area (Å²) in [5.74, 6) is 0.239. The van der Waals surface area contributed by atoms with Gasteiger partial charge in [-0.1, -0.05) is 0 Å². The molecular weight excluding hydrogens is 324 g/mol. The van der Waals surface area contributed by atoms with Crippen LogP contribution in [-0.2, 0) is 4.79 Å². The first-order valence-electron chi connectivity index (χ1n) is 6.30. The normalized spacial score (nSPS) is 11.7. The maximum absolute atomic E-state index is 12.1. The van der Waals surface area contributed by atoms with Crippen molar-refractivity contribution in [3.63, 3.8) is 0 Å². The van der Waals surface area contributed by atoms with Crippen LogP contribution >= 0.6 is 15.9 Å². The van der Waals surface area contributed by atoms with Gasteiger partial charge in [0, 0.05) is 19.2 Å². The fourth-order valence-electron chi connectivity index (χ4n) is 1.64. The molecule has 1 N–H and O–H groups in total. The molecule has 0 radical (unpaired) electrons. The predicted octanol–water partition coefficient (Wildman–Crippen LogP) is 2.05. The summed E-state index contributed by atoms with van der Waals surface area (Å²) in [4.78, 5) is 25.5. The van der Waals surface area contributed by atoms with E-state index in [2.05, 4.69) is 21.2 Å². The molecule has 0 aliphatic rings. The third-order valence-electron chi connectivity index (χ3n) is 2.98. The van der Waals surface area contributed by atoms with E-state index in [1.807, 2.05) is 6.92 Å². The van der Waals surface area contributed by atoms with Crippen molar-refractivity contribution in [3.8, 4) is 5.75 Å². The Balaban J connectivity index is 2.76. The van der Waals surface area contributed by atoms with Crippen molar-refractivity contribution in [1.82, 2.24) is 10.2 Å². The van der Waals surface area contributed by atoms with Crippen LogP contribution in [0.2, 0.25) is 0 Å². The van der Waals surface area contributed by atoms with E-state index in [4.69, 9.17) is 4.74 Å². The highest BCUT2D eigenvalue weighted by Crippen LogP contribution is 2.25. The molecule has 110 valence electrons. The van der Waals surface area contributed by atoms with Crippen molar-refractivity contribution in [2.75, 3.05) is 20.7 Å². The van der Waals surface area contributed by atoms with Gasteiger partial charge in [0.1, 0.15) is 11.8 Å². The molecule has 0 saturated heterocycles. The topological polar surface area (TPSA) is 58.6 Å². The van der Waals surface area contributed by atoms with Crippen LogP contribution in [0.25, 0.3) is 0 Å². The van der Waals surface area contributed by atoms with Crippen LogP contribution in [0, 0.1) is 0 Å². The first-order valence-corrected chi connectivity index (χ1v) is 7.09. The van der Waals surface area contributed by atoms with E-state index in [9.17, 15) is 9.59 Å². The Morgan fingerprint density at radius 1 is 1.45 bits per heavy atom. The Hall–Kier alpha value is -1.56. The predicted molar refractivity (Wildman–Crippen MR) is 80.9 cm³/mol. The molecule has 0 fully saturated rings. The van der Waals surface area contributed by atoms with Crippen LogP contribution in [0.3, 0.4) is 0 Å². The summed E-state index contributed by atoms with van der Waals surface area (Å²) in [5.41, 5.74) is 0.469. The zero-order valence-corrected chi connectivity index (χ0v) is 13.7. The number of nitrogens with zero attached hydrogens (tertiary/aromatic N) is 1. The van der Waals surface area contributed by atoms with Gasteiger partial charge < -0.3 is 15.0 Å². The highest BCUT2D eigenvalue weighted by Gasteiger charge is 2.19. The minimum atomic E-state index is -0.562. The Morgan fingerprint density at radius 2 is 2.10 bits per heavy atom. The highest BCUT2D eigenvalue weighted by atomic mass is 79.9. The summed E-state index contributed by atoms with van der Waals surface area (Å²) < 4.78 is 5.80. The van der Waals surface area contributed by atoms with E-state index in [-0.39, 0.29) is 11.8 Å². The summed E-state index contributed by atoms with van der Waals surface area (Å²) in [6.45, 7) is 4.16. The number of benzene rings is 1. The lowest BCUT2D eigenvalue weighted by atomic mass is 10.2. The molecule has 1 unspecified atom stereocenters. The van der Waals surface area contributed by atoms with Crippen LogP contribution in [0.1, 0.15) is 24.2 Å². The smallest absolute Gasteiger partial charge is 0.251 e. The third-order valence-corrected chi connectivity index (χ3v) is 3.60. The first kappa shape index (κ1) is 16.5. The van der Waals surface area contributed by atoms with E-state index in [0.29, 0.717) is 22.3 Å². The number of amides is 2. The number of rotatable bonds is 5. The maximum Gasteiger partial charge on any atom is 0.251 e. The van der Waals surface area contributed by atoms with Crippen molar-refractivity contribution in [1.29, 1.82) is 0 Å².